The van der Waals surface area contributed by atoms with Crippen LogP contribution in [0.15, 0.2) is 17.5 Å². The van der Waals surface area contributed by atoms with E-state index < -0.39 is 0 Å². The summed E-state index contributed by atoms with van der Waals surface area (Å²) in [4.78, 5) is 13.3. The number of rotatable bonds is 5. The van der Waals surface area contributed by atoms with Crippen molar-refractivity contribution in [3.8, 4) is 0 Å². The molecule has 0 fully saturated rings. The number of hydrogen-bond donors (Lipinski definition) is 1. The van der Waals surface area contributed by atoms with Crippen molar-refractivity contribution < 1.29 is 4.79 Å². The van der Waals surface area contributed by atoms with E-state index in [1.54, 1.807) is 28.4 Å². The molecule has 1 aromatic rings. The minimum absolute atomic E-state index is 0.0842. The van der Waals surface area contributed by atoms with Crippen LogP contribution in [0.2, 0.25) is 0 Å². The standard InChI is InChI=1S/C11H19N3OS/c1-12-10(8-9-6-5-7-16-9)11(15)14(4)13(2)3/h5-7,10,12H,8H2,1-4H3/t10-/m1/s1. The maximum Gasteiger partial charge on any atom is 0.254 e. The Hall–Kier alpha value is -0.910. The van der Waals surface area contributed by atoms with Crippen LogP contribution in [0.25, 0.3) is 0 Å². The Morgan fingerprint density at radius 2 is 2.19 bits per heavy atom. The van der Waals surface area contributed by atoms with E-state index >= 15 is 0 Å². The van der Waals surface area contributed by atoms with Crippen LogP contribution in [0.1, 0.15) is 4.88 Å². The molecule has 1 aromatic heterocycles. The van der Waals surface area contributed by atoms with Gasteiger partial charge in [-0.25, -0.2) is 5.01 Å². The fourth-order valence-corrected chi connectivity index (χ4v) is 2.12. The van der Waals surface area contributed by atoms with E-state index in [0.717, 1.165) is 6.42 Å². The molecule has 0 radical (unpaired) electrons. The van der Waals surface area contributed by atoms with Crippen molar-refractivity contribution in [3.05, 3.63) is 22.4 Å². The summed E-state index contributed by atoms with van der Waals surface area (Å²) in [5, 5.41) is 8.49. The average Bonchev–Trinajstić information content (AvgIpc) is 2.76. The van der Waals surface area contributed by atoms with Gasteiger partial charge in [0.1, 0.15) is 0 Å². The maximum atomic E-state index is 12.1. The van der Waals surface area contributed by atoms with E-state index in [-0.39, 0.29) is 11.9 Å². The van der Waals surface area contributed by atoms with Gasteiger partial charge in [-0.15, -0.1) is 11.3 Å². The molecule has 1 amide bonds. The van der Waals surface area contributed by atoms with Gasteiger partial charge in [-0.1, -0.05) is 6.07 Å². The Kier molecular flexibility index (Phi) is 4.92. The lowest BCUT2D eigenvalue weighted by Gasteiger charge is -2.28. The molecule has 16 heavy (non-hydrogen) atoms. The Balaban J connectivity index is 2.64. The lowest BCUT2D eigenvalue weighted by atomic mass is 10.1. The lowest BCUT2D eigenvalue weighted by molar-refractivity contribution is -0.143. The summed E-state index contributed by atoms with van der Waals surface area (Å²) in [6.45, 7) is 0. The number of likely N-dealkylation sites (N-methyl/N-ethyl adjacent to an activating group) is 2. The maximum absolute atomic E-state index is 12.1. The van der Waals surface area contributed by atoms with E-state index in [1.807, 2.05) is 32.6 Å². The quantitative estimate of drug-likeness (QED) is 0.775. The highest BCUT2D eigenvalue weighted by molar-refractivity contribution is 7.09. The summed E-state index contributed by atoms with van der Waals surface area (Å²) >= 11 is 1.68. The number of thiophene rings is 1. The number of carbonyl (C=O) groups excluding carboxylic acids is 1. The van der Waals surface area contributed by atoms with Gasteiger partial charge in [0.25, 0.3) is 5.91 Å². The Labute approximate surface area is 101 Å². The van der Waals surface area contributed by atoms with Crippen molar-refractivity contribution in [1.29, 1.82) is 0 Å². The number of amides is 1. The molecule has 1 atom stereocenters. The third kappa shape index (κ3) is 3.30. The largest absolute Gasteiger partial charge is 0.309 e. The van der Waals surface area contributed by atoms with E-state index in [4.69, 9.17) is 0 Å². The first-order valence-corrected chi connectivity index (χ1v) is 6.08. The zero-order chi connectivity index (χ0) is 12.1. The molecule has 4 nitrogen and oxygen atoms in total. The molecule has 0 aromatic carbocycles. The van der Waals surface area contributed by atoms with E-state index in [2.05, 4.69) is 11.4 Å². The SMILES string of the molecule is CN[C@H](Cc1cccs1)C(=O)N(C)N(C)C. The third-order valence-corrected chi connectivity index (χ3v) is 3.45. The summed E-state index contributed by atoms with van der Waals surface area (Å²) in [6, 6.07) is 3.90. The molecule has 1 heterocycles. The van der Waals surface area contributed by atoms with E-state index in [1.165, 1.54) is 4.88 Å². The fourth-order valence-electron chi connectivity index (χ4n) is 1.37. The number of nitrogens with one attached hydrogen (secondary N) is 1. The minimum Gasteiger partial charge on any atom is -0.309 e. The fraction of sp³-hybridized carbons (Fsp3) is 0.545. The molecule has 0 bridgehead atoms. The number of hydrazine groups is 1. The molecule has 1 N–H and O–H groups in total. The second kappa shape index (κ2) is 5.98. The highest BCUT2D eigenvalue weighted by atomic mass is 32.1. The molecular formula is C11H19N3OS. The van der Waals surface area contributed by atoms with Gasteiger partial charge in [-0.2, -0.15) is 0 Å². The van der Waals surface area contributed by atoms with Gasteiger partial charge in [-0.05, 0) is 18.5 Å². The molecule has 0 aliphatic heterocycles. The second-order valence-electron chi connectivity index (χ2n) is 3.83. The predicted molar refractivity (Wildman–Crippen MR) is 67.3 cm³/mol. The third-order valence-electron chi connectivity index (χ3n) is 2.55. The number of hydrogen-bond acceptors (Lipinski definition) is 4. The lowest BCUT2D eigenvalue weighted by Crippen LogP contribution is -2.49. The normalized spacial score (nSPS) is 12.8. The van der Waals surface area contributed by atoms with Crippen LogP contribution < -0.4 is 5.32 Å². The molecule has 0 spiro atoms. The van der Waals surface area contributed by atoms with Crippen molar-refractivity contribution >= 4 is 17.2 Å². The number of nitrogens with zero attached hydrogens (tertiary/aromatic N) is 2. The van der Waals surface area contributed by atoms with Gasteiger partial charge in [0.2, 0.25) is 0 Å². The van der Waals surface area contributed by atoms with Gasteiger partial charge in [-0.3, -0.25) is 9.80 Å². The van der Waals surface area contributed by atoms with Crippen molar-refractivity contribution in [1.82, 2.24) is 15.3 Å². The molecule has 5 heteroatoms. The average molecular weight is 241 g/mol. The summed E-state index contributed by atoms with van der Waals surface area (Å²) in [6.07, 6.45) is 0.741. The molecule has 0 unspecified atom stereocenters. The summed E-state index contributed by atoms with van der Waals surface area (Å²) in [5.41, 5.74) is 0. The van der Waals surface area contributed by atoms with Crippen LogP contribution in [0, 0.1) is 0 Å². The van der Waals surface area contributed by atoms with Crippen molar-refractivity contribution in [2.45, 2.75) is 12.5 Å². The number of carbonyl (C=O) groups is 1. The Bertz CT molecular complexity index is 324. The van der Waals surface area contributed by atoms with Crippen molar-refractivity contribution in [3.63, 3.8) is 0 Å². The van der Waals surface area contributed by atoms with Gasteiger partial charge in [0.15, 0.2) is 0 Å². The highest BCUT2D eigenvalue weighted by Gasteiger charge is 2.22. The molecule has 0 aliphatic rings. The van der Waals surface area contributed by atoms with Gasteiger partial charge >= 0.3 is 0 Å². The van der Waals surface area contributed by atoms with Crippen molar-refractivity contribution in [2.75, 3.05) is 28.2 Å². The topological polar surface area (TPSA) is 35.6 Å². The van der Waals surface area contributed by atoms with Crippen LogP contribution in [0.5, 0.6) is 0 Å². The van der Waals surface area contributed by atoms with Crippen LogP contribution in [0.4, 0.5) is 0 Å². The Morgan fingerprint density at radius 1 is 1.50 bits per heavy atom. The minimum atomic E-state index is -0.161. The van der Waals surface area contributed by atoms with E-state index in [0.29, 0.717) is 0 Å². The first-order valence-electron chi connectivity index (χ1n) is 5.20. The monoisotopic (exact) mass is 241 g/mol. The molecule has 0 saturated carbocycles. The highest BCUT2D eigenvalue weighted by Crippen LogP contribution is 2.12. The van der Waals surface area contributed by atoms with Crippen molar-refractivity contribution in [2.24, 2.45) is 0 Å². The molecule has 1 rings (SSSR count). The molecule has 0 saturated heterocycles. The summed E-state index contributed by atoms with van der Waals surface area (Å²) in [5.74, 6) is 0.0842. The van der Waals surface area contributed by atoms with Crippen LogP contribution in [0.3, 0.4) is 0 Å². The van der Waals surface area contributed by atoms with Gasteiger partial charge in [0, 0.05) is 32.4 Å². The van der Waals surface area contributed by atoms with E-state index in [9.17, 15) is 4.79 Å². The predicted octanol–water partition coefficient (Wildman–Crippen LogP) is 0.814. The van der Waals surface area contributed by atoms with Crippen LogP contribution >= 0.6 is 11.3 Å². The first kappa shape index (κ1) is 13.2. The smallest absolute Gasteiger partial charge is 0.254 e. The molecule has 0 aliphatic carbocycles. The van der Waals surface area contributed by atoms with Gasteiger partial charge in [0.05, 0.1) is 6.04 Å². The van der Waals surface area contributed by atoms with Gasteiger partial charge < -0.3 is 5.32 Å². The zero-order valence-electron chi connectivity index (χ0n) is 10.2. The van der Waals surface area contributed by atoms with Crippen LogP contribution in [-0.2, 0) is 11.2 Å². The van der Waals surface area contributed by atoms with Crippen LogP contribution in [-0.4, -0.2) is 50.2 Å². The molecular weight excluding hydrogens is 222 g/mol. The first-order chi connectivity index (χ1) is 7.56. The zero-order valence-corrected chi connectivity index (χ0v) is 11.0. The summed E-state index contributed by atoms with van der Waals surface area (Å²) in [7, 11) is 7.31. The summed E-state index contributed by atoms with van der Waals surface area (Å²) < 4.78 is 0. The Morgan fingerprint density at radius 3 is 2.62 bits per heavy atom. The molecule has 90 valence electrons. The second-order valence-corrected chi connectivity index (χ2v) is 4.87.